The van der Waals surface area contributed by atoms with Gasteiger partial charge in [0.15, 0.2) is 0 Å². The maximum atomic E-state index is 11.6. The Balaban J connectivity index is 2.32. The molecule has 0 unspecified atom stereocenters. The quantitative estimate of drug-likeness (QED) is 0.887. The van der Waals surface area contributed by atoms with Crippen LogP contribution in [0.1, 0.15) is 36.6 Å². The fourth-order valence-corrected chi connectivity index (χ4v) is 1.79. The van der Waals surface area contributed by atoms with Gasteiger partial charge >= 0.3 is 0 Å². The second kappa shape index (κ2) is 5.26. The van der Waals surface area contributed by atoms with Crippen molar-refractivity contribution in [3.05, 3.63) is 51.4 Å². The monoisotopic (exact) mass is 257 g/mol. The van der Waals surface area contributed by atoms with Crippen LogP contribution in [0.2, 0.25) is 0 Å². The normalized spacial score (nSPS) is 10.8. The van der Waals surface area contributed by atoms with E-state index in [1.165, 1.54) is 17.2 Å². The molecule has 0 bridgehead atoms. The molecule has 2 N–H and O–H groups in total. The Morgan fingerprint density at radius 1 is 1.16 bits per heavy atom. The summed E-state index contributed by atoms with van der Waals surface area (Å²) in [6.07, 6.45) is 0. The molecule has 1 heterocycles. The number of aromatic amines is 1. The van der Waals surface area contributed by atoms with Crippen molar-refractivity contribution in [3.63, 3.8) is 0 Å². The maximum absolute atomic E-state index is 11.6. The molecule has 1 aromatic carbocycles. The lowest BCUT2D eigenvalue weighted by Crippen LogP contribution is -2.12. The molecule has 4 nitrogen and oxygen atoms in total. The van der Waals surface area contributed by atoms with Crippen molar-refractivity contribution in [2.45, 2.75) is 33.6 Å². The van der Waals surface area contributed by atoms with Crippen LogP contribution >= 0.6 is 0 Å². The summed E-state index contributed by atoms with van der Waals surface area (Å²) >= 11 is 0. The van der Waals surface area contributed by atoms with Crippen LogP contribution in [0.3, 0.4) is 0 Å². The highest BCUT2D eigenvalue weighted by Gasteiger charge is 2.05. The minimum atomic E-state index is -0.134. The molecule has 0 aliphatic heterocycles. The number of aromatic nitrogens is 2. The molecule has 0 fully saturated rings. The highest BCUT2D eigenvalue weighted by Crippen LogP contribution is 2.18. The number of rotatable bonds is 3. The Bertz CT molecular complexity index is 644. The fraction of sp³-hybridized carbons (Fsp3) is 0.333. The molecule has 2 aromatic rings. The van der Waals surface area contributed by atoms with Gasteiger partial charge < -0.3 is 5.32 Å². The Kier molecular flexibility index (Phi) is 3.69. The Hall–Kier alpha value is -2.10. The number of aryl methyl sites for hydroxylation is 2. The zero-order valence-corrected chi connectivity index (χ0v) is 11.7. The zero-order chi connectivity index (χ0) is 14.0. The highest BCUT2D eigenvalue weighted by molar-refractivity contribution is 5.55. The molecule has 100 valence electrons. The Labute approximate surface area is 112 Å². The van der Waals surface area contributed by atoms with Crippen molar-refractivity contribution >= 4 is 11.6 Å². The van der Waals surface area contributed by atoms with Crippen LogP contribution in [0.4, 0.5) is 11.6 Å². The van der Waals surface area contributed by atoms with Crippen molar-refractivity contribution in [1.82, 2.24) is 9.97 Å². The van der Waals surface area contributed by atoms with Crippen LogP contribution < -0.4 is 10.9 Å². The van der Waals surface area contributed by atoms with E-state index in [0.29, 0.717) is 5.95 Å². The van der Waals surface area contributed by atoms with Crippen LogP contribution in [0, 0.1) is 13.8 Å². The third-order valence-corrected chi connectivity index (χ3v) is 3.12. The molecular formula is C15H19N3O. The molecule has 0 amide bonds. The highest BCUT2D eigenvalue weighted by atomic mass is 16.1. The van der Waals surface area contributed by atoms with E-state index < -0.39 is 0 Å². The second-order valence-electron chi connectivity index (χ2n) is 5.10. The van der Waals surface area contributed by atoms with Gasteiger partial charge in [-0.05, 0) is 43.0 Å². The lowest BCUT2D eigenvalue weighted by atomic mass is 10.1. The first kappa shape index (κ1) is 13.3. The zero-order valence-electron chi connectivity index (χ0n) is 11.7. The number of nitrogens with zero attached hydrogens (tertiary/aromatic N) is 1. The maximum Gasteiger partial charge on any atom is 0.252 e. The number of hydrogen-bond donors (Lipinski definition) is 2. The van der Waals surface area contributed by atoms with Crippen LogP contribution in [0.5, 0.6) is 0 Å². The average Bonchev–Trinajstić information content (AvgIpc) is 2.33. The Morgan fingerprint density at radius 2 is 1.89 bits per heavy atom. The predicted molar refractivity (Wildman–Crippen MR) is 78.1 cm³/mol. The SMILES string of the molecule is Cc1ccc(Nc2nc(C(C)C)cc(=O)[nH]2)cc1C. The fourth-order valence-electron chi connectivity index (χ4n) is 1.79. The van der Waals surface area contributed by atoms with Crippen molar-refractivity contribution in [3.8, 4) is 0 Å². The molecule has 2 rings (SSSR count). The molecule has 0 spiro atoms. The number of nitrogens with one attached hydrogen (secondary N) is 2. The molecule has 0 radical (unpaired) electrons. The smallest absolute Gasteiger partial charge is 0.252 e. The third kappa shape index (κ3) is 3.22. The lowest BCUT2D eigenvalue weighted by Gasteiger charge is -2.10. The summed E-state index contributed by atoms with van der Waals surface area (Å²) in [7, 11) is 0. The van der Waals surface area contributed by atoms with Gasteiger partial charge in [-0.1, -0.05) is 19.9 Å². The van der Waals surface area contributed by atoms with Crippen LogP contribution in [-0.2, 0) is 0 Å². The molecule has 0 aliphatic carbocycles. The second-order valence-corrected chi connectivity index (χ2v) is 5.10. The molecular weight excluding hydrogens is 238 g/mol. The number of benzene rings is 1. The van der Waals surface area contributed by atoms with Gasteiger partial charge in [0.1, 0.15) is 0 Å². The first-order valence-electron chi connectivity index (χ1n) is 6.41. The summed E-state index contributed by atoms with van der Waals surface area (Å²) in [5, 5.41) is 3.14. The van der Waals surface area contributed by atoms with Crippen molar-refractivity contribution in [1.29, 1.82) is 0 Å². The minimum absolute atomic E-state index is 0.134. The van der Waals surface area contributed by atoms with Crippen LogP contribution in [0.15, 0.2) is 29.1 Å². The summed E-state index contributed by atoms with van der Waals surface area (Å²) < 4.78 is 0. The van der Waals surface area contributed by atoms with E-state index in [9.17, 15) is 4.79 Å². The van der Waals surface area contributed by atoms with Gasteiger partial charge in [-0.25, -0.2) is 4.98 Å². The molecule has 0 atom stereocenters. The van der Waals surface area contributed by atoms with Gasteiger partial charge in [0, 0.05) is 11.8 Å². The first-order valence-corrected chi connectivity index (χ1v) is 6.41. The Morgan fingerprint density at radius 3 is 2.53 bits per heavy atom. The number of anilines is 2. The topological polar surface area (TPSA) is 57.8 Å². The van der Waals surface area contributed by atoms with Gasteiger partial charge in [0.25, 0.3) is 5.56 Å². The van der Waals surface area contributed by atoms with Crippen molar-refractivity contribution in [2.75, 3.05) is 5.32 Å². The van der Waals surface area contributed by atoms with E-state index in [1.807, 2.05) is 32.0 Å². The van der Waals surface area contributed by atoms with E-state index in [0.717, 1.165) is 11.4 Å². The standard InChI is InChI=1S/C15H19N3O/c1-9(2)13-8-14(19)18-15(17-13)16-12-6-5-10(3)11(4)7-12/h5-9H,1-4H3,(H2,16,17,18,19). The number of H-pyrrole nitrogens is 1. The van der Waals surface area contributed by atoms with Crippen molar-refractivity contribution in [2.24, 2.45) is 0 Å². The summed E-state index contributed by atoms with van der Waals surface area (Å²) in [6, 6.07) is 7.60. The van der Waals surface area contributed by atoms with Gasteiger partial charge in [-0.15, -0.1) is 0 Å². The molecule has 0 saturated heterocycles. The third-order valence-electron chi connectivity index (χ3n) is 3.12. The van der Waals surface area contributed by atoms with Gasteiger partial charge in [-0.3, -0.25) is 9.78 Å². The summed E-state index contributed by atoms with van der Waals surface area (Å²) in [6.45, 7) is 8.16. The van der Waals surface area contributed by atoms with E-state index in [-0.39, 0.29) is 11.5 Å². The first-order chi connectivity index (χ1) is 8.95. The molecule has 4 heteroatoms. The van der Waals surface area contributed by atoms with E-state index in [4.69, 9.17) is 0 Å². The summed E-state index contributed by atoms with van der Waals surface area (Å²) in [5.74, 6) is 0.710. The summed E-state index contributed by atoms with van der Waals surface area (Å²) in [5.41, 5.74) is 4.02. The number of hydrogen-bond acceptors (Lipinski definition) is 3. The average molecular weight is 257 g/mol. The van der Waals surface area contributed by atoms with E-state index in [2.05, 4.69) is 29.1 Å². The van der Waals surface area contributed by atoms with Gasteiger partial charge in [0.2, 0.25) is 5.95 Å². The van der Waals surface area contributed by atoms with Crippen LogP contribution in [-0.4, -0.2) is 9.97 Å². The van der Waals surface area contributed by atoms with E-state index >= 15 is 0 Å². The largest absolute Gasteiger partial charge is 0.326 e. The molecule has 1 aromatic heterocycles. The minimum Gasteiger partial charge on any atom is -0.326 e. The van der Waals surface area contributed by atoms with Crippen LogP contribution in [0.25, 0.3) is 0 Å². The van der Waals surface area contributed by atoms with E-state index in [1.54, 1.807) is 0 Å². The van der Waals surface area contributed by atoms with Gasteiger partial charge in [-0.2, -0.15) is 0 Å². The van der Waals surface area contributed by atoms with Gasteiger partial charge in [0.05, 0.1) is 5.69 Å². The lowest BCUT2D eigenvalue weighted by molar-refractivity contribution is 0.812. The van der Waals surface area contributed by atoms with Crippen molar-refractivity contribution < 1.29 is 0 Å². The molecule has 19 heavy (non-hydrogen) atoms. The molecule has 0 aliphatic rings. The molecule has 0 saturated carbocycles. The predicted octanol–water partition coefficient (Wildman–Crippen LogP) is 3.25. The summed E-state index contributed by atoms with van der Waals surface area (Å²) in [4.78, 5) is 18.7.